The highest BCUT2D eigenvalue weighted by Gasteiger charge is 2.23. The molecule has 0 saturated heterocycles. The van der Waals surface area contributed by atoms with E-state index in [1.165, 1.54) is 31.9 Å². The lowest BCUT2D eigenvalue weighted by molar-refractivity contribution is -0.122. The Kier molecular flexibility index (Phi) is 6.36. The number of carbonyl (C=O) groups is 1. The van der Waals surface area contributed by atoms with Crippen LogP contribution in [0, 0.1) is 5.92 Å². The first-order valence-electron chi connectivity index (χ1n) is 6.47. The zero-order chi connectivity index (χ0) is 13.4. The van der Waals surface area contributed by atoms with Crippen LogP contribution in [0.3, 0.4) is 0 Å². The Balaban J connectivity index is 2.52. The van der Waals surface area contributed by atoms with Gasteiger partial charge in [0.15, 0.2) is 0 Å². The average Bonchev–Trinajstić information content (AvgIpc) is 2.88. The summed E-state index contributed by atoms with van der Waals surface area (Å²) in [5, 5.41) is 5.88. The van der Waals surface area contributed by atoms with E-state index >= 15 is 0 Å². The molecule has 2 N–H and O–H groups in total. The lowest BCUT2D eigenvalue weighted by Crippen LogP contribution is -2.43. The van der Waals surface area contributed by atoms with E-state index in [1.54, 1.807) is 6.08 Å². The van der Waals surface area contributed by atoms with Gasteiger partial charge in [-0.25, -0.2) is 0 Å². The van der Waals surface area contributed by atoms with Crippen LogP contribution >= 0.6 is 0 Å². The predicted octanol–water partition coefficient (Wildman–Crippen LogP) is 2.00. The number of allylic oxidation sites excluding steroid dienone is 1. The van der Waals surface area contributed by atoms with Crippen molar-refractivity contribution >= 4 is 12.6 Å². The molecule has 1 rings (SSSR count). The number of nitrogens with one attached hydrogen (secondary N) is 2. The van der Waals surface area contributed by atoms with Gasteiger partial charge < -0.3 is 10.6 Å². The number of rotatable bonds is 7. The Morgan fingerprint density at radius 3 is 2.67 bits per heavy atom. The molecule has 4 nitrogen and oxygen atoms in total. The maximum Gasteiger partial charge on any atom is 0.241 e. The van der Waals surface area contributed by atoms with Gasteiger partial charge in [0.05, 0.1) is 11.7 Å². The maximum atomic E-state index is 12.1. The van der Waals surface area contributed by atoms with Gasteiger partial charge in [0.1, 0.15) is 0 Å². The van der Waals surface area contributed by atoms with Gasteiger partial charge in [-0.1, -0.05) is 32.3 Å². The lowest BCUT2D eigenvalue weighted by Gasteiger charge is -2.19. The maximum absolute atomic E-state index is 12.1. The fraction of sp³-hybridized carbons (Fsp3) is 0.571. The first-order valence-corrected chi connectivity index (χ1v) is 6.47. The van der Waals surface area contributed by atoms with Crippen LogP contribution in [0.25, 0.3) is 0 Å². The number of hydrogen-bond donors (Lipinski definition) is 2. The minimum absolute atomic E-state index is 0.0285. The SMILES string of the molecule is C=C/C(=C\N=C)NC(=O)C(CC1CCCC1)NC. The predicted molar refractivity (Wildman–Crippen MR) is 75.4 cm³/mol. The third kappa shape index (κ3) is 4.45. The molecule has 100 valence electrons. The van der Waals surface area contributed by atoms with Crippen molar-refractivity contribution in [2.45, 2.75) is 38.1 Å². The van der Waals surface area contributed by atoms with Crippen LogP contribution in [0.2, 0.25) is 0 Å². The molecule has 18 heavy (non-hydrogen) atoms. The highest BCUT2D eigenvalue weighted by atomic mass is 16.2. The van der Waals surface area contributed by atoms with Crippen LogP contribution in [0.1, 0.15) is 32.1 Å². The molecule has 0 radical (unpaired) electrons. The fourth-order valence-electron chi connectivity index (χ4n) is 2.40. The summed E-state index contributed by atoms with van der Waals surface area (Å²) in [5.41, 5.74) is 0.585. The third-order valence-electron chi connectivity index (χ3n) is 3.43. The van der Waals surface area contributed by atoms with Crippen LogP contribution in [-0.2, 0) is 4.79 Å². The molecule has 1 aliphatic carbocycles. The summed E-state index contributed by atoms with van der Waals surface area (Å²) in [6, 6.07) is -0.152. The molecule has 0 aromatic heterocycles. The Morgan fingerprint density at radius 2 is 2.17 bits per heavy atom. The van der Waals surface area contributed by atoms with E-state index in [9.17, 15) is 4.79 Å². The molecule has 0 aromatic rings. The van der Waals surface area contributed by atoms with Gasteiger partial charge in [-0.2, -0.15) is 0 Å². The zero-order valence-electron chi connectivity index (χ0n) is 11.1. The minimum Gasteiger partial charge on any atom is -0.323 e. The number of aliphatic imine (C=N–C) groups is 1. The summed E-state index contributed by atoms with van der Waals surface area (Å²) in [4.78, 5) is 15.7. The monoisotopic (exact) mass is 249 g/mol. The highest BCUT2D eigenvalue weighted by Crippen LogP contribution is 2.28. The van der Waals surface area contributed by atoms with Crippen molar-refractivity contribution in [3.05, 3.63) is 24.6 Å². The van der Waals surface area contributed by atoms with Gasteiger partial charge in [0.25, 0.3) is 0 Å². The summed E-state index contributed by atoms with van der Waals surface area (Å²) in [5.74, 6) is 0.640. The van der Waals surface area contributed by atoms with Crippen LogP contribution in [0.4, 0.5) is 0 Å². The van der Waals surface area contributed by atoms with Crippen LogP contribution < -0.4 is 10.6 Å². The van der Waals surface area contributed by atoms with E-state index in [4.69, 9.17) is 0 Å². The van der Waals surface area contributed by atoms with Crippen molar-refractivity contribution in [2.24, 2.45) is 10.9 Å². The second kappa shape index (κ2) is 7.82. The molecule has 1 aliphatic rings. The van der Waals surface area contributed by atoms with Gasteiger partial charge in [-0.05, 0) is 32.2 Å². The Hall–Kier alpha value is -1.42. The Morgan fingerprint density at radius 1 is 1.50 bits per heavy atom. The summed E-state index contributed by atoms with van der Waals surface area (Å²) < 4.78 is 0. The van der Waals surface area contributed by atoms with Crippen LogP contribution in [0.5, 0.6) is 0 Å². The fourth-order valence-corrected chi connectivity index (χ4v) is 2.40. The molecule has 0 spiro atoms. The topological polar surface area (TPSA) is 53.5 Å². The lowest BCUT2D eigenvalue weighted by atomic mass is 9.98. The van der Waals surface area contributed by atoms with Crippen molar-refractivity contribution in [1.29, 1.82) is 0 Å². The minimum atomic E-state index is -0.152. The first-order chi connectivity index (χ1) is 8.71. The largest absolute Gasteiger partial charge is 0.323 e. The molecule has 4 heteroatoms. The summed E-state index contributed by atoms with van der Waals surface area (Å²) >= 11 is 0. The molecule has 1 unspecified atom stereocenters. The quantitative estimate of drug-likeness (QED) is 0.535. The van der Waals surface area contributed by atoms with Gasteiger partial charge >= 0.3 is 0 Å². The normalized spacial score (nSPS) is 18.4. The molecule has 1 atom stereocenters. The van der Waals surface area contributed by atoms with Crippen molar-refractivity contribution in [3.63, 3.8) is 0 Å². The molecule has 1 amide bonds. The summed E-state index contributed by atoms with van der Waals surface area (Å²) in [6.45, 7) is 6.99. The van der Waals surface area contributed by atoms with Gasteiger partial charge in [0, 0.05) is 6.20 Å². The van der Waals surface area contributed by atoms with E-state index in [2.05, 4.69) is 28.9 Å². The van der Waals surface area contributed by atoms with Crippen molar-refractivity contribution in [3.8, 4) is 0 Å². The number of nitrogens with zero attached hydrogens (tertiary/aromatic N) is 1. The van der Waals surface area contributed by atoms with Crippen LogP contribution in [-0.4, -0.2) is 25.7 Å². The Bertz CT molecular complexity index is 330. The summed E-state index contributed by atoms with van der Waals surface area (Å²) in [7, 11) is 1.82. The van der Waals surface area contributed by atoms with Gasteiger partial charge in [-0.3, -0.25) is 9.79 Å². The molecule has 0 aromatic carbocycles. The standard InChI is InChI=1S/C14H23N3O/c1-4-12(10-15-2)17-14(18)13(16-3)9-11-7-5-6-8-11/h4,10-11,13,16H,1-2,5-9H2,3H3,(H,17,18)/b12-10+. The first kappa shape index (κ1) is 14.6. The zero-order valence-corrected chi connectivity index (χ0v) is 11.1. The van der Waals surface area contributed by atoms with E-state index in [1.807, 2.05) is 7.05 Å². The van der Waals surface area contributed by atoms with E-state index < -0.39 is 0 Å². The van der Waals surface area contributed by atoms with Gasteiger partial charge in [0.2, 0.25) is 5.91 Å². The number of carbonyl (C=O) groups excluding carboxylic acids is 1. The van der Waals surface area contributed by atoms with Crippen molar-refractivity contribution in [2.75, 3.05) is 7.05 Å². The third-order valence-corrected chi connectivity index (χ3v) is 3.43. The second-order valence-corrected chi connectivity index (χ2v) is 4.69. The highest BCUT2D eigenvalue weighted by molar-refractivity contribution is 5.83. The molecule has 0 bridgehead atoms. The van der Waals surface area contributed by atoms with Gasteiger partial charge in [-0.15, -0.1) is 0 Å². The average molecular weight is 249 g/mol. The second-order valence-electron chi connectivity index (χ2n) is 4.69. The molecule has 1 saturated carbocycles. The number of amides is 1. The number of likely N-dealkylation sites (N-methyl/N-ethyl adjacent to an activating group) is 1. The van der Waals surface area contributed by atoms with Crippen molar-refractivity contribution < 1.29 is 4.79 Å². The molecule has 0 aliphatic heterocycles. The van der Waals surface area contributed by atoms with Crippen molar-refractivity contribution in [1.82, 2.24) is 10.6 Å². The number of hydrogen-bond acceptors (Lipinski definition) is 3. The molecule has 1 fully saturated rings. The smallest absolute Gasteiger partial charge is 0.241 e. The van der Waals surface area contributed by atoms with E-state index in [-0.39, 0.29) is 11.9 Å². The Labute approximate surface area is 109 Å². The van der Waals surface area contributed by atoms with Crippen LogP contribution in [0.15, 0.2) is 29.5 Å². The molecular formula is C14H23N3O. The summed E-state index contributed by atoms with van der Waals surface area (Å²) in [6.07, 6.45) is 9.02. The van der Waals surface area contributed by atoms with E-state index in [0.717, 1.165) is 6.42 Å². The molecular weight excluding hydrogens is 226 g/mol. The molecule has 0 heterocycles. The van der Waals surface area contributed by atoms with E-state index in [0.29, 0.717) is 11.6 Å².